The standard InChI is InChI=1S/C18H20N2O3/c1-12-6-13(2)8-15(7-12)19-18(22)14-9-17(21)20(10-14)11-16-4-3-5-23-16/h3-8,14H,9-11H2,1-2H3,(H,19,22). The Morgan fingerprint density at radius 3 is 2.70 bits per heavy atom. The number of carbonyl (C=O) groups is 2. The molecule has 2 aromatic rings. The van der Waals surface area contributed by atoms with Gasteiger partial charge in [0.25, 0.3) is 0 Å². The summed E-state index contributed by atoms with van der Waals surface area (Å²) in [6.45, 7) is 4.83. The molecule has 1 aliphatic rings. The van der Waals surface area contributed by atoms with E-state index in [-0.39, 0.29) is 24.2 Å². The Hall–Kier alpha value is -2.56. The van der Waals surface area contributed by atoms with Crippen LogP contribution < -0.4 is 5.32 Å². The van der Waals surface area contributed by atoms with Crippen LogP contribution >= 0.6 is 0 Å². The number of hydrogen-bond acceptors (Lipinski definition) is 3. The van der Waals surface area contributed by atoms with Crippen LogP contribution in [0.15, 0.2) is 41.0 Å². The Labute approximate surface area is 135 Å². The van der Waals surface area contributed by atoms with Crippen LogP contribution in [0.25, 0.3) is 0 Å². The number of anilines is 1. The number of aryl methyl sites for hydroxylation is 2. The predicted octanol–water partition coefficient (Wildman–Crippen LogP) is 2.88. The van der Waals surface area contributed by atoms with E-state index in [2.05, 4.69) is 11.4 Å². The summed E-state index contributed by atoms with van der Waals surface area (Å²) < 4.78 is 5.27. The molecule has 1 N–H and O–H groups in total. The lowest BCUT2D eigenvalue weighted by Crippen LogP contribution is -2.27. The second kappa shape index (κ2) is 6.28. The molecule has 1 aliphatic heterocycles. The van der Waals surface area contributed by atoms with E-state index in [9.17, 15) is 9.59 Å². The summed E-state index contributed by atoms with van der Waals surface area (Å²) in [6.07, 6.45) is 1.83. The summed E-state index contributed by atoms with van der Waals surface area (Å²) in [5, 5.41) is 2.92. The topological polar surface area (TPSA) is 62.6 Å². The van der Waals surface area contributed by atoms with Crippen molar-refractivity contribution in [1.82, 2.24) is 4.90 Å². The lowest BCUT2D eigenvalue weighted by molar-refractivity contribution is -0.128. The Kier molecular flexibility index (Phi) is 4.19. The zero-order chi connectivity index (χ0) is 16.4. The molecular weight excluding hydrogens is 292 g/mol. The van der Waals surface area contributed by atoms with Gasteiger partial charge in [-0.2, -0.15) is 0 Å². The molecule has 3 rings (SSSR count). The summed E-state index contributed by atoms with van der Waals surface area (Å²) >= 11 is 0. The molecule has 1 aromatic heterocycles. The number of benzene rings is 1. The molecule has 1 fully saturated rings. The van der Waals surface area contributed by atoms with Gasteiger partial charge in [0.05, 0.1) is 18.7 Å². The van der Waals surface area contributed by atoms with E-state index < -0.39 is 0 Å². The Morgan fingerprint density at radius 2 is 2.04 bits per heavy atom. The fourth-order valence-electron chi connectivity index (χ4n) is 2.98. The average molecular weight is 312 g/mol. The van der Waals surface area contributed by atoms with Gasteiger partial charge in [0.15, 0.2) is 0 Å². The first-order valence-electron chi connectivity index (χ1n) is 7.70. The Morgan fingerprint density at radius 1 is 1.30 bits per heavy atom. The van der Waals surface area contributed by atoms with E-state index in [1.165, 1.54) is 0 Å². The largest absolute Gasteiger partial charge is 0.467 e. The molecule has 1 atom stereocenters. The lowest BCUT2D eigenvalue weighted by atomic mass is 10.1. The minimum Gasteiger partial charge on any atom is -0.467 e. The second-order valence-electron chi connectivity index (χ2n) is 6.12. The molecule has 23 heavy (non-hydrogen) atoms. The summed E-state index contributed by atoms with van der Waals surface area (Å²) in [5.74, 6) is 0.291. The van der Waals surface area contributed by atoms with Gasteiger partial charge in [0.1, 0.15) is 5.76 Å². The fourth-order valence-corrected chi connectivity index (χ4v) is 2.98. The highest BCUT2D eigenvalue weighted by molar-refractivity contribution is 5.97. The molecule has 0 bridgehead atoms. The van der Waals surface area contributed by atoms with Gasteiger partial charge in [-0.25, -0.2) is 0 Å². The van der Waals surface area contributed by atoms with Crippen LogP contribution in [0.4, 0.5) is 5.69 Å². The van der Waals surface area contributed by atoms with Crippen molar-refractivity contribution in [2.24, 2.45) is 5.92 Å². The monoisotopic (exact) mass is 312 g/mol. The van der Waals surface area contributed by atoms with Gasteiger partial charge in [0.2, 0.25) is 11.8 Å². The third-order valence-electron chi connectivity index (χ3n) is 4.00. The molecule has 0 aliphatic carbocycles. The van der Waals surface area contributed by atoms with Gasteiger partial charge in [-0.1, -0.05) is 6.07 Å². The average Bonchev–Trinajstić information content (AvgIpc) is 3.09. The summed E-state index contributed by atoms with van der Waals surface area (Å²) in [5.41, 5.74) is 2.98. The summed E-state index contributed by atoms with van der Waals surface area (Å²) in [4.78, 5) is 26.2. The molecule has 1 saturated heterocycles. The highest BCUT2D eigenvalue weighted by Crippen LogP contribution is 2.22. The zero-order valence-electron chi connectivity index (χ0n) is 13.3. The molecule has 2 heterocycles. The van der Waals surface area contributed by atoms with Crippen molar-refractivity contribution in [2.75, 3.05) is 11.9 Å². The molecule has 120 valence electrons. The van der Waals surface area contributed by atoms with Gasteiger partial charge in [-0.05, 0) is 49.2 Å². The minimum atomic E-state index is -0.321. The number of nitrogens with one attached hydrogen (secondary N) is 1. The molecule has 1 unspecified atom stereocenters. The Bertz CT molecular complexity index is 702. The number of rotatable bonds is 4. The highest BCUT2D eigenvalue weighted by Gasteiger charge is 2.34. The first kappa shape index (κ1) is 15.3. The molecule has 5 nitrogen and oxygen atoms in total. The molecule has 2 amide bonds. The van der Waals surface area contributed by atoms with E-state index in [0.717, 1.165) is 22.6 Å². The van der Waals surface area contributed by atoms with Gasteiger partial charge >= 0.3 is 0 Å². The molecule has 5 heteroatoms. The van der Waals surface area contributed by atoms with E-state index in [1.54, 1.807) is 17.2 Å². The van der Waals surface area contributed by atoms with Crippen LogP contribution in [-0.2, 0) is 16.1 Å². The zero-order valence-corrected chi connectivity index (χ0v) is 13.3. The number of hydrogen-bond donors (Lipinski definition) is 1. The molecule has 0 saturated carbocycles. The van der Waals surface area contributed by atoms with Crippen LogP contribution in [0.5, 0.6) is 0 Å². The maximum absolute atomic E-state index is 12.4. The summed E-state index contributed by atoms with van der Waals surface area (Å²) in [6, 6.07) is 9.54. The maximum atomic E-state index is 12.4. The Balaban J connectivity index is 1.63. The molecule has 1 aromatic carbocycles. The van der Waals surface area contributed by atoms with E-state index in [4.69, 9.17) is 4.42 Å². The number of amides is 2. The minimum absolute atomic E-state index is 0.0121. The third kappa shape index (κ3) is 3.62. The molecule has 0 radical (unpaired) electrons. The van der Waals surface area contributed by atoms with Gasteiger partial charge in [-0.3, -0.25) is 9.59 Å². The number of furan rings is 1. The molecular formula is C18H20N2O3. The summed E-state index contributed by atoms with van der Waals surface area (Å²) in [7, 11) is 0. The number of carbonyl (C=O) groups excluding carboxylic acids is 2. The number of likely N-dealkylation sites (tertiary alicyclic amines) is 1. The maximum Gasteiger partial charge on any atom is 0.229 e. The normalized spacial score (nSPS) is 17.6. The SMILES string of the molecule is Cc1cc(C)cc(NC(=O)C2CC(=O)N(Cc3ccco3)C2)c1. The van der Waals surface area contributed by atoms with Crippen molar-refractivity contribution >= 4 is 17.5 Å². The first-order valence-corrected chi connectivity index (χ1v) is 7.70. The van der Waals surface area contributed by atoms with E-state index >= 15 is 0 Å². The highest BCUT2D eigenvalue weighted by atomic mass is 16.3. The fraction of sp³-hybridized carbons (Fsp3) is 0.333. The van der Waals surface area contributed by atoms with Crippen molar-refractivity contribution < 1.29 is 14.0 Å². The lowest BCUT2D eigenvalue weighted by Gasteiger charge is -2.15. The predicted molar refractivity (Wildman–Crippen MR) is 86.8 cm³/mol. The van der Waals surface area contributed by atoms with E-state index in [1.807, 2.05) is 32.0 Å². The van der Waals surface area contributed by atoms with Crippen LogP contribution in [0, 0.1) is 19.8 Å². The third-order valence-corrected chi connectivity index (χ3v) is 4.00. The first-order chi connectivity index (χ1) is 11.0. The van der Waals surface area contributed by atoms with Gasteiger partial charge in [0, 0.05) is 18.7 Å². The van der Waals surface area contributed by atoms with Crippen molar-refractivity contribution in [2.45, 2.75) is 26.8 Å². The van der Waals surface area contributed by atoms with Gasteiger partial charge < -0.3 is 14.6 Å². The van der Waals surface area contributed by atoms with Crippen molar-refractivity contribution in [3.05, 3.63) is 53.5 Å². The van der Waals surface area contributed by atoms with Crippen LogP contribution in [-0.4, -0.2) is 23.3 Å². The molecule has 0 spiro atoms. The van der Waals surface area contributed by atoms with Gasteiger partial charge in [-0.15, -0.1) is 0 Å². The van der Waals surface area contributed by atoms with Crippen molar-refractivity contribution in [3.8, 4) is 0 Å². The van der Waals surface area contributed by atoms with Crippen LogP contribution in [0.2, 0.25) is 0 Å². The number of nitrogens with zero attached hydrogens (tertiary/aromatic N) is 1. The van der Waals surface area contributed by atoms with Crippen molar-refractivity contribution in [1.29, 1.82) is 0 Å². The smallest absolute Gasteiger partial charge is 0.229 e. The van der Waals surface area contributed by atoms with E-state index in [0.29, 0.717) is 13.1 Å². The second-order valence-corrected chi connectivity index (χ2v) is 6.12. The quantitative estimate of drug-likeness (QED) is 0.944. The van der Waals surface area contributed by atoms with Crippen LogP contribution in [0.3, 0.4) is 0 Å². The van der Waals surface area contributed by atoms with Crippen LogP contribution in [0.1, 0.15) is 23.3 Å². The van der Waals surface area contributed by atoms with Crippen molar-refractivity contribution in [3.63, 3.8) is 0 Å².